The molecular formula is C16H16Cl2N2O. The van der Waals surface area contributed by atoms with Gasteiger partial charge in [0.25, 0.3) is 5.91 Å². The Morgan fingerprint density at radius 1 is 1.10 bits per heavy atom. The predicted molar refractivity (Wildman–Crippen MR) is 88.3 cm³/mol. The van der Waals surface area contributed by atoms with Crippen LogP contribution < -0.4 is 10.6 Å². The number of nitrogens with one attached hydrogen (secondary N) is 2. The molecule has 3 nitrogen and oxygen atoms in total. The van der Waals surface area contributed by atoms with Crippen molar-refractivity contribution in [2.24, 2.45) is 0 Å². The lowest BCUT2D eigenvalue weighted by Gasteiger charge is -2.17. The first-order chi connectivity index (χ1) is 10.0. The molecular weight excluding hydrogens is 307 g/mol. The van der Waals surface area contributed by atoms with Crippen molar-refractivity contribution in [2.75, 3.05) is 12.4 Å². The first kappa shape index (κ1) is 15.7. The van der Waals surface area contributed by atoms with E-state index in [4.69, 9.17) is 23.2 Å². The van der Waals surface area contributed by atoms with Gasteiger partial charge in [-0.1, -0.05) is 35.3 Å². The number of hydrogen-bond donors (Lipinski definition) is 2. The highest BCUT2D eigenvalue weighted by atomic mass is 35.5. The van der Waals surface area contributed by atoms with Crippen LogP contribution in [0.4, 0.5) is 5.69 Å². The SMILES string of the molecule is CNC(=O)c1cc(NC(C)c2ccc(Cl)cc2)ccc1Cl. The number of benzene rings is 2. The summed E-state index contributed by atoms with van der Waals surface area (Å²) < 4.78 is 0. The van der Waals surface area contributed by atoms with E-state index in [1.807, 2.05) is 37.3 Å². The van der Waals surface area contributed by atoms with Crippen LogP contribution in [0.3, 0.4) is 0 Å². The first-order valence-electron chi connectivity index (χ1n) is 6.55. The molecule has 0 saturated carbocycles. The maximum absolute atomic E-state index is 11.7. The number of amides is 1. The Morgan fingerprint density at radius 3 is 2.38 bits per heavy atom. The number of carbonyl (C=O) groups excluding carboxylic acids is 1. The van der Waals surface area contributed by atoms with E-state index in [0.717, 1.165) is 11.3 Å². The number of anilines is 1. The zero-order chi connectivity index (χ0) is 15.4. The minimum absolute atomic E-state index is 0.0842. The monoisotopic (exact) mass is 322 g/mol. The number of hydrogen-bond acceptors (Lipinski definition) is 2. The van der Waals surface area contributed by atoms with E-state index in [9.17, 15) is 4.79 Å². The molecule has 1 atom stereocenters. The number of carbonyl (C=O) groups is 1. The molecule has 0 aliphatic heterocycles. The average Bonchev–Trinajstić information content (AvgIpc) is 2.49. The maximum Gasteiger partial charge on any atom is 0.252 e. The van der Waals surface area contributed by atoms with Crippen molar-refractivity contribution in [1.29, 1.82) is 0 Å². The van der Waals surface area contributed by atoms with Crippen LogP contribution in [0.15, 0.2) is 42.5 Å². The lowest BCUT2D eigenvalue weighted by atomic mass is 10.1. The largest absolute Gasteiger partial charge is 0.379 e. The average molecular weight is 323 g/mol. The summed E-state index contributed by atoms with van der Waals surface area (Å²) in [6.07, 6.45) is 0. The van der Waals surface area contributed by atoms with Gasteiger partial charge in [-0.05, 0) is 42.8 Å². The molecule has 2 rings (SSSR count). The molecule has 21 heavy (non-hydrogen) atoms. The van der Waals surface area contributed by atoms with Gasteiger partial charge in [-0.25, -0.2) is 0 Å². The van der Waals surface area contributed by atoms with E-state index in [1.54, 1.807) is 19.2 Å². The molecule has 2 aromatic carbocycles. The Labute approximate surface area is 134 Å². The third-order valence-electron chi connectivity index (χ3n) is 3.19. The van der Waals surface area contributed by atoms with Gasteiger partial charge in [-0.3, -0.25) is 4.79 Å². The van der Waals surface area contributed by atoms with Crippen LogP contribution in [0.1, 0.15) is 28.9 Å². The summed E-state index contributed by atoms with van der Waals surface area (Å²) in [5.41, 5.74) is 2.39. The van der Waals surface area contributed by atoms with Crippen molar-refractivity contribution >= 4 is 34.8 Å². The van der Waals surface area contributed by atoms with Gasteiger partial charge >= 0.3 is 0 Å². The summed E-state index contributed by atoms with van der Waals surface area (Å²) in [7, 11) is 1.58. The van der Waals surface area contributed by atoms with Gasteiger partial charge in [-0.2, -0.15) is 0 Å². The Balaban J connectivity index is 2.19. The second kappa shape index (κ2) is 6.83. The van der Waals surface area contributed by atoms with Crippen LogP contribution in [-0.2, 0) is 0 Å². The Morgan fingerprint density at radius 2 is 1.76 bits per heavy atom. The van der Waals surface area contributed by atoms with E-state index in [-0.39, 0.29) is 11.9 Å². The fourth-order valence-electron chi connectivity index (χ4n) is 2.01. The summed E-state index contributed by atoms with van der Waals surface area (Å²) in [5, 5.41) is 7.05. The minimum atomic E-state index is -0.206. The molecule has 1 amide bonds. The Bertz CT molecular complexity index is 641. The highest BCUT2D eigenvalue weighted by molar-refractivity contribution is 6.34. The van der Waals surface area contributed by atoms with E-state index < -0.39 is 0 Å². The second-order valence-electron chi connectivity index (χ2n) is 4.69. The fraction of sp³-hybridized carbons (Fsp3) is 0.188. The normalized spacial score (nSPS) is 11.8. The van der Waals surface area contributed by atoms with Crippen molar-refractivity contribution in [3.63, 3.8) is 0 Å². The molecule has 0 bridgehead atoms. The molecule has 5 heteroatoms. The summed E-state index contributed by atoms with van der Waals surface area (Å²) in [4.78, 5) is 11.7. The molecule has 0 aliphatic carbocycles. The first-order valence-corrected chi connectivity index (χ1v) is 7.30. The lowest BCUT2D eigenvalue weighted by molar-refractivity contribution is 0.0963. The summed E-state index contributed by atoms with van der Waals surface area (Å²) >= 11 is 11.9. The Kier molecular flexibility index (Phi) is 5.10. The van der Waals surface area contributed by atoms with Crippen LogP contribution in [0.2, 0.25) is 10.0 Å². The van der Waals surface area contributed by atoms with Gasteiger partial charge in [0.15, 0.2) is 0 Å². The van der Waals surface area contributed by atoms with Crippen LogP contribution in [0, 0.1) is 0 Å². The van der Waals surface area contributed by atoms with Crippen molar-refractivity contribution in [2.45, 2.75) is 13.0 Å². The number of rotatable bonds is 4. The van der Waals surface area contributed by atoms with Crippen LogP contribution >= 0.6 is 23.2 Å². The molecule has 0 radical (unpaired) electrons. The van der Waals surface area contributed by atoms with Crippen LogP contribution in [-0.4, -0.2) is 13.0 Å². The highest BCUT2D eigenvalue weighted by Crippen LogP contribution is 2.25. The van der Waals surface area contributed by atoms with E-state index in [2.05, 4.69) is 10.6 Å². The smallest absolute Gasteiger partial charge is 0.252 e. The molecule has 0 aliphatic rings. The minimum Gasteiger partial charge on any atom is -0.379 e. The van der Waals surface area contributed by atoms with Gasteiger partial charge < -0.3 is 10.6 Å². The zero-order valence-electron chi connectivity index (χ0n) is 11.8. The van der Waals surface area contributed by atoms with E-state index in [0.29, 0.717) is 15.6 Å². The third kappa shape index (κ3) is 3.90. The van der Waals surface area contributed by atoms with Gasteiger partial charge in [0.2, 0.25) is 0 Å². The molecule has 1 unspecified atom stereocenters. The van der Waals surface area contributed by atoms with Gasteiger partial charge in [0.1, 0.15) is 0 Å². The van der Waals surface area contributed by atoms with Crippen LogP contribution in [0.5, 0.6) is 0 Å². The van der Waals surface area contributed by atoms with Gasteiger partial charge in [0, 0.05) is 23.8 Å². The van der Waals surface area contributed by atoms with Crippen molar-refractivity contribution in [3.05, 3.63) is 63.6 Å². The quantitative estimate of drug-likeness (QED) is 0.868. The molecule has 2 N–H and O–H groups in total. The molecule has 2 aromatic rings. The molecule has 0 spiro atoms. The van der Waals surface area contributed by atoms with Crippen molar-refractivity contribution in [1.82, 2.24) is 5.32 Å². The highest BCUT2D eigenvalue weighted by Gasteiger charge is 2.11. The summed E-state index contributed by atoms with van der Waals surface area (Å²) in [6.45, 7) is 2.04. The lowest BCUT2D eigenvalue weighted by Crippen LogP contribution is -2.18. The van der Waals surface area contributed by atoms with E-state index >= 15 is 0 Å². The van der Waals surface area contributed by atoms with Crippen molar-refractivity contribution < 1.29 is 4.79 Å². The molecule has 110 valence electrons. The summed E-state index contributed by atoms with van der Waals surface area (Å²) in [5.74, 6) is -0.206. The Hall–Kier alpha value is -1.71. The standard InChI is InChI=1S/C16H16Cl2N2O/c1-10(11-3-5-12(17)6-4-11)20-13-7-8-15(18)14(9-13)16(21)19-2/h3-10,20H,1-2H3,(H,19,21). The molecule has 0 aromatic heterocycles. The van der Waals surface area contributed by atoms with Crippen LogP contribution in [0.25, 0.3) is 0 Å². The number of halogens is 2. The van der Waals surface area contributed by atoms with Gasteiger partial charge in [-0.15, -0.1) is 0 Å². The molecule has 0 fully saturated rings. The van der Waals surface area contributed by atoms with Gasteiger partial charge in [0.05, 0.1) is 10.6 Å². The molecule has 0 heterocycles. The predicted octanol–water partition coefficient (Wildman–Crippen LogP) is 4.53. The third-order valence-corrected chi connectivity index (χ3v) is 3.77. The fourth-order valence-corrected chi connectivity index (χ4v) is 2.34. The topological polar surface area (TPSA) is 41.1 Å². The molecule has 0 saturated heterocycles. The van der Waals surface area contributed by atoms with E-state index in [1.165, 1.54) is 0 Å². The van der Waals surface area contributed by atoms with Crippen molar-refractivity contribution in [3.8, 4) is 0 Å². The maximum atomic E-state index is 11.7. The second-order valence-corrected chi connectivity index (χ2v) is 5.53. The summed E-state index contributed by atoms with van der Waals surface area (Å²) in [6, 6.07) is 13.0. The zero-order valence-corrected chi connectivity index (χ0v) is 13.3.